The summed E-state index contributed by atoms with van der Waals surface area (Å²) in [5, 5.41) is 7.18. The topological polar surface area (TPSA) is 38.1 Å². The van der Waals surface area contributed by atoms with Crippen molar-refractivity contribution in [3.05, 3.63) is 40.2 Å². The van der Waals surface area contributed by atoms with Gasteiger partial charge < -0.3 is 9.73 Å². The molecule has 0 amide bonds. The fourth-order valence-corrected chi connectivity index (χ4v) is 3.89. The summed E-state index contributed by atoms with van der Waals surface area (Å²) >= 11 is 1.77. The lowest BCUT2D eigenvalue weighted by molar-refractivity contribution is 0.356. The average molecular weight is 274 g/mol. The van der Waals surface area contributed by atoms with Gasteiger partial charge in [-0.1, -0.05) is 0 Å². The van der Waals surface area contributed by atoms with E-state index in [9.17, 15) is 0 Å². The lowest BCUT2D eigenvalue weighted by atomic mass is 9.92. The molecule has 0 bridgehead atoms. The molecule has 0 spiro atoms. The number of hydrogen-bond acceptors (Lipinski definition) is 4. The van der Waals surface area contributed by atoms with E-state index in [1.807, 2.05) is 12.5 Å². The van der Waals surface area contributed by atoms with Gasteiger partial charge in [-0.3, -0.25) is 0 Å². The van der Waals surface area contributed by atoms with Gasteiger partial charge in [-0.15, -0.1) is 11.3 Å². The molecule has 2 aliphatic rings. The van der Waals surface area contributed by atoms with Gasteiger partial charge in [0.1, 0.15) is 10.8 Å². The predicted octanol–water partition coefficient (Wildman–Crippen LogP) is 3.85. The standard InChI is InChI=1S/C15H18N2OS/c1-2-12(11-6-8-18-13(11)3-1)17-14(10-4-5-10)15-16-7-9-19-15/h6-10,12,14,17H,1-5H2/t12-,14-/m1/s1. The number of nitrogens with one attached hydrogen (secondary N) is 1. The van der Waals surface area contributed by atoms with Gasteiger partial charge in [0.2, 0.25) is 0 Å². The average Bonchev–Trinajstić information content (AvgIpc) is 2.94. The van der Waals surface area contributed by atoms with Crippen LogP contribution in [0.1, 0.15) is 54.1 Å². The van der Waals surface area contributed by atoms with Crippen molar-refractivity contribution in [2.75, 3.05) is 0 Å². The van der Waals surface area contributed by atoms with Crippen molar-refractivity contribution < 1.29 is 4.42 Å². The third-order valence-corrected chi connectivity index (χ3v) is 5.10. The molecule has 0 aliphatic heterocycles. The normalized spacial score (nSPS) is 24.1. The lowest BCUT2D eigenvalue weighted by Gasteiger charge is -2.27. The van der Waals surface area contributed by atoms with Gasteiger partial charge in [0.05, 0.1) is 12.3 Å². The van der Waals surface area contributed by atoms with Crippen LogP contribution >= 0.6 is 11.3 Å². The van der Waals surface area contributed by atoms with Crippen molar-refractivity contribution in [3.8, 4) is 0 Å². The van der Waals surface area contributed by atoms with E-state index in [1.54, 1.807) is 11.3 Å². The predicted molar refractivity (Wildman–Crippen MR) is 75.1 cm³/mol. The molecule has 3 nitrogen and oxygen atoms in total. The minimum Gasteiger partial charge on any atom is -0.469 e. The van der Waals surface area contributed by atoms with Crippen LogP contribution in [-0.2, 0) is 6.42 Å². The number of furan rings is 1. The van der Waals surface area contributed by atoms with Crippen molar-refractivity contribution in [2.24, 2.45) is 5.92 Å². The van der Waals surface area contributed by atoms with Crippen LogP contribution in [0.3, 0.4) is 0 Å². The van der Waals surface area contributed by atoms with E-state index >= 15 is 0 Å². The number of aromatic nitrogens is 1. The van der Waals surface area contributed by atoms with Gasteiger partial charge in [0.15, 0.2) is 0 Å². The van der Waals surface area contributed by atoms with Gasteiger partial charge in [0, 0.05) is 29.6 Å². The number of fused-ring (bicyclic) bond motifs is 1. The summed E-state index contributed by atoms with van der Waals surface area (Å²) in [7, 11) is 0. The molecular weight excluding hydrogens is 256 g/mol. The molecule has 19 heavy (non-hydrogen) atoms. The Bertz CT molecular complexity index is 544. The van der Waals surface area contributed by atoms with Crippen LogP contribution in [0, 0.1) is 5.92 Å². The number of thiazole rings is 1. The molecule has 0 radical (unpaired) electrons. The van der Waals surface area contributed by atoms with Crippen LogP contribution in [0.15, 0.2) is 28.3 Å². The SMILES string of the molecule is c1csc([C@H](N[C@@H]2CCCc3occc32)C2CC2)n1. The van der Waals surface area contributed by atoms with Crippen molar-refractivity contribution in [1.82, 2.24) is 10.3 Å². The highest BCUT2D eigenvalue weighted by Crippen LogP contribution is 2.44. The fourth-order valence-electron chi connectivity index (χ4n) is 3.10. The van der Waals surface area contributed by atoms with Gasteiger partial charge in [-0.25, -0.2) is 4.98 Å². The largest absolute Gasteiger partial charge is 0.469 e. The highest BCUT2D eigenvalue weighted by molar-refractivity contribution is 7.09. The van der Waals surface area contributed by atoms with Crippen molar-refractivity contribution in [1.29, 1.82) is 0 Å². The summed E-state index contributed by atoms with van der Waals surface area (Å²) in [6.45, 7) is 0. The maximum absolute atomic E-state index is 5.58. The summed E-state index contributed by atoms with van der Waals surface area (Å²) in [5.74, 6) is 1.96. The van der Waals surface area contributed by atoms with E-state index in [1.165, 1.54) is 42.0 Å². The van der Waals surface area contributed by atoms with Gasteiger partial charge in [0.25, 0.3) is 0 Å². The molecule has 1 N–H and O–H groups in total. The molecule has 2 heterocycles. The van der Waals surface area contributed by atoms with Gasteiger partial charge >= 0.3 is 0 Å². The second kappa shape index (κ2) is 4.76. The monoisotopic (exact) mass is 274 g/mol. The Kier molecular flexibility index (Phi) is 2.93. The highest BCUT2D eigenvalue weighted by atomic mass is 32.1. The van der Waals surface area contributed by atoms with E-state index in [-0.39, 0.29) is 0 Å². The smallest absolute Gasteiger partial charge is 0.110 e. The molecule has 4 heteroatoms. The molecule has 2 aliphatic carbocycles. The number of nitrogens with zero attached hydrogens (tertiary/aromatic N) is 1. The van der Waals surface area contributed by atoms with E-state index in [4.69, 9.17) is 4.42 Å². The Morgan fingerprint density at radius 2 is 2.32 bits per heavy atom. The maximum Gasteiger partial charge on any atom is 0.110 e. The van der Waals surface area contributed by atoms with Crippen molar-refractivity contribution in [3.63, 3.8) is 0 Å². The van der Waals surface area contributed by atoms with Gasteiger partial charge in [-0.2, -0.15) is 0 Å². The van der Waals surface area contributed by atoms with E-state index in [0.29, 0.717) is 12.1 Å². The molecule has 2 atom stereocenters. The number of hydrogen-bond donors (Lipinski definition) is 1. The Hall–Kier alpha value is -1.13. The molecule has 0 saturated heterocycles. The fraction of sp³-hybridized carbons (Fsp3) is 0.533. The van der Waals surface area contributed by atoms with Gasteiger partial charge in [-0.05, 0) is 37.7 Å². The zero-order valence-corrected chi connectivity index (χ0v) is 11.7. The molecular formula is C15H18N2OS. The first-order valence-corrected chi connectivity index (χ1v) is 8.01. The first-order chi connectivity index (χ1) is 9.42. The second-order valence-corrected chi connectivity index (χ2v) is 6.52. The lowest BCUT2D eigenvalue weighted by Crippen LogP contribution is -2.29. The summed E-state index contributed by atoms with van der Waals surface area (Å²) in [5.41, 5.74) is 1.37. The van der Waals surface area contributed by atoms with Crippen molar-refractivity contribution >= 4 is 11.3 Å². The second-order valence-electron chi connectivity index (χ2n) is 5.60. The minimum atomic E-state index is 0.436. The Balaban J connectivity index is 1.57. The van der Waals surface area contributed by atoms with Crippen LogP contribution in [0.2, 0.25) is 0 Å². The van der Waals surface area contributed by atoms with E-state index in [0.717, 1.165) is 12.3 Å². The van der Waals surface area contributed by atoms with Crippen LogP contribution < -0.4 is 5.32 Å². The molecule has 0 aromatic carbocycles. The molecule has 100 valence electrons. The number of aryl methyl sites for hydroxylation is 1. The zero-order valence-electron chi connectivity index (χ0n) is 10.8. The molecule has 1 saturated carbocycles. The minimum absolute atomic E-state index is 0.436. The first kappa shape index (κ1) is 11.7. The number of rotatable bonds is 4. The highest BCUT2D eigenvalue weighted by Gasteiger charge is 2.36. The van der Waals surface area contributed by atoms with E-state index in [2.05, 4.69) is 21.7 Å². The molecule has 0 unspecified atom stereocenters. The Labute approximate surface area is 117 Å². The summed E-state index contributed by atoms with van der Waals surface area (Å²) < 4.78 is 5.58. The maximum atomic E-state index is 5.58. The molecule has 4 rings (SSSR count). The zero-order chi connectivity index (χ0) is 12.7. The first-order valence-electron chi connectivity index (χ1n) is 7.13. The summed E-state index contributed by atoms with van der Waals surface area (Å²) in [4.78, 5) is 4.52. The third kappa shape index (κ3) is 2.23. The van der Waals surface area contributed by atoms with Crippen molar-refractivity contribution in [2.45, 2.75) is 44.2 Å². The van der Waals surface area contributed by atoms with Crippen LogP contribution in [0.4, 0.5) is 0 Å². The van der Waals surface area contributed by atoms with E-state index < -0.39 is 0 Å². The molecule has 2 aromatic rings. The summed E-state index contributed by atoms with van der Waals surface area (Å²) in [6, 6.07) is 3.01. The quantitative estimate of drug-likeness (QED) is 0.920. The van der Waals surface area contributed by atoms with Crippen LogP contribution in [-0.4, -0.2) is 4.98 Å². The molecule has 2 aromatic heterocycles. The van der Waals surface area contributed by atoms with Crippen LogP contribution in [0.5, 0.6) is 0 Å². The van der Waals surface area contributed by atoms with Crippen LogP contribution in [0.25, 0.3) is 0 Å². The third-order valence-electron chi connectivity index (χ3n) is 4.24. The Morgan fingerprint density at radius 3 is 3.11 bits per heavy atom. The Morgan fingerprint density at radius 1 is 1.37 bits per heavy atom. The summed E-state index contributed by atoms with van der Waals surface area (Å²) in [6.07, 6.45) is 9.94. The molecule has 1 fully saturated rings.